The number of hydrogen-bond donors (Lipinski definition) is 2. The molecule has 2 amide bonds. The number of hydrogen-bond acceptors (Lipinski definition) is 5. The predicted molar refractivity (Wildman–Crippen MR) is 116 cm³/mol. The fraction of sp³-hybridized carbons (Fsp3) is 0.182. The van der Waals surface area contributed by atoms with Crippen LogP contribution in [0.15, 0.2) is 48.0 Å². The maximum Gasteiger partial charge on any atom is 0.344 e. The number of rotatable bonds is 5. The second kappa shape index (κ2) is 8.46. The van der Waals surface area contributed by atoms with Crippen LogP contribution in [0.5, 0.6) is 5.75 Å². The lowest BCUT2D eigenvalue weighted by Gasteiger charge is -2.30. The van der Waals surface area contributed by atoms with E-state index in [9.17, 15) is 14.4 Å². The standard InChI is InChI=1S/C22H20N2O5S/c1-12-4-9-18(13(2)10-12)24-20(26)17(19(25)23-22(24)30)11-15-5-7-16(8-6-15)29-14(3)21(27)28/h4-11,14H,1-3H3,(H,27,28)(H,23,25,30)/b17-11+. The molecule has 2 aromatic rings. The molecule has 7 nitrogen and oxygen atoms in total. The first-order valence-corrected chi connectivity index (χ1v) is 9.56. The molecule has 154 valence electrons. The number of aryl methyl sites for hydroxylation is 2. The highest BCUT2D eigenvalue weighted by Crippen LogP contribution is 2.26. The first kappa shape index (κ1) is 21.2. The molecule has 1 atom stereocenters. The Hall–Kier alpha value is -3.52. The van der Waals surface area contributed by atoms with Crippen LogP contribution in [-0.2, 0) is 14.4 Å². The van der Waals surface area contributed by atoms with Crippen molar-refractivity contribution in [2.45, 2.75) is 26.9 Å². The van der Waals surface area contributed by atoms with Gasteiger partial charge in [-0.25, -0.2) is 4.79 Å². The van der Waals surface area contributed by atoms with Gasteiger partial charge in [0.15, 0.2) is 11.2 Å². The number of aliphatic carboxylic acids is 1. The van der Waals surface area contributed by atoms with Gasteiger partial charge in [0, 0.05) is 0 Å². The van der Waals surface area contributed by atoms with Crippen LogP contribution in [0.2, 0.25) is 0 Å². The largest absolute Gasteiger partial charge is 0.479 e. The van der Waals surface area contributed by atoms with Crippen molar-refractivity contribution < 1.29 is 24.2 Å². The number of nitrogens with zero attached hydrogens (tertiary/aromatic N) is 1. The molecule has 3 rings (SSSR count). The Labute approximate surface area is 179 Å². The minimum absolute atomic E-state index is 0.0282. The second-order valence-electron chi connectivity index (χ2n) is 6.92. The van der Waals surface area contributed by atoms with E-state index in [2.05, 4.69) is 5.32 Å². The Balaban J connectivity index is 1.90. The molecule has 0 bridgehead atoms. The average molecular weight is 424 g/mol. The first-order chi connectivity index (χ1) is 14.2. The van der Waals surface area contributed by atoms with Crippen LogP contribution in [0.1, 0.15) is 23.6 Å². The fourth-order valence-electron chi connectivity index (χ4n) is 3.00. The van der Waals surface area contributed by atoms with Crippen molar-refractivity contribution in [2.24, 2.45) is 0 Å². The van der Waals surface area contributed by atoms with Crippen molar-refractivity contribution in [2.75, 3.05) is 4.90 Å². The molecule has 0 aliphatic carbocycles. The van der Waals surface area contributed by atoms with Gasteiger partial charge in [0.05, 0.1) is 5.69 Å². The van der Waals surface area contributed by atoms with Gasteiger partial charge in [-0.3, -0.25) is 19.8 Å². The molecule has 8 heteroatoms. The number of carboxylic acids is 1. The van der Waals surface area contributed by atoms with E-state index < -0.39 is 23.9 Å². The van der Waals surface area contributed by atoms with E-state index >= 15 is 0 Å². The summed E-state index contributed by atoms with van der Waals surface area (Å²) >= 11 is 5.23. The van der Waals surface area contributed by atoms with Gasteiger partial charge in [-0.2, -0.15) is 0 Å². The molecule has 1 saturated heterocycles. The summed E-state index contributed by atoms with van der Waals surface area (Å²) in [6.07, 6.45) is 0.465. The average Bonchev–Trinajstić information content (AvgIpc) is 2.67. The van der Waals surface area contributed by atoms with Gasteiger partial charge < -0.3 is 9.84 Å². The Morgan fingerprint density at radius 1 is 1.17 bits per heavy atom. The molecule has 2 aromatic carbocycles. The highest BCUT2D eigenvalue weighted by molar-refractivity contribution is 7.80. The lowest BCUT2D eigenvalue weighted by atomic mass is 10.0. The lowest BCUT2D eigenvalue weighted by molar-refractivity contribution is -0.144. The van der Waals surface area contributed by atoms with Gasteiger partial charge in [0.2, 0.25) is 0 Å². The van der Waals surface area contributed by atoms with Gasteiger partial charge in [0.25, 0.3) is 11.8 Å². The summed E-state index contributed by atoms with van der Waals surface area (Å²) in [4.78, 5) is 37.7. The maximum absolute atomic E-state index is 13.1. The number of carboxylic acid groups (broad SMARTS) is 1. The third kappa shape index (κ3) is 4.38. The van der Waals surface area contributed by atoms with Crippen LogP contribution < -0.4 is 15.0 Å². The Morgan fingerprint density at radius 3 is 2.43 bits per heavy atom. The number of anilines is 1. The van der Waals surface area contributed by atoms with Crippen LogP contribution >= 0.6 is 12.2 Å². The van der Waals surface area contributed by atoms with Crippen LogP contribution in [0.25, 0.3) is 6.08 Å². The van der Waals surface area contributed by atoms with Crippen LogP contribution in [0.4, 0.5) is 5.69 Å². The topological polar surface area (TPSA) is 95.9 Å². The first-order valence-electron chi connectivity index (χ1n) is 9.15. The number of benzene rings is 2. The molecule has 0 aromatic heterocycles. The minimum Gasteiger partial charge on any atom is -0.479 e. The SMILES string of the molecule is Cc1ccc(N2C(=O)/C(=C/c3ccc(OC(C)C(=O)O)cc3)C(=O)NC2=S)c(C)c1. The van der Waals surface area contributed by atoms with E-state index in [1.807, 2.05) is 26.0 Å². The summed E-state index contributed by atoms with van der Waals surface area (Å²) in [6, 6.07) is 12.0. The molecule has 30 heavy (non-hydrogen) atoms. The number of nitrogens with one attached hydrogen (secondary N) is 1. The Kier molecular flexibility index (Phi) is 5.98. The quantitative estimate of drug-likeness (QED) is 0.435. The molecule has 1 heterocycles. The van der Waals surface area contributed by atoms with E-state index in [1.54, 1.807) is 30.3 Å². The summed E-state index contributed by atoms with van der Waals surface area (Å²) in [5.41, 5.74) is 3.03. The Bertz CT molecular complexity index is 1080. The van der Waals surface area contributed by atoms with E-state index in [4.69, 9.17) is 22.1 Å². The van der Waals surface area contributed by atoms with Crippen LogP contribution in [0.3, 0.4) is 0 Å². The van der Waals surface area contributed by atoms with E-state index in [0.29, 0.717) is 17.0 Å². The summed E-state index contributed by atoms with van der Waals surface area (Å²) < 4.78 is 5.28. The molecule has 0 radical (unpaired) electrons. The molecule has 2 N–H and O–H groups in total. The van der Waals surface area contributed by atoms with Crippen molar-refractivity contribution in [1.82, 2.24) is 5.32 Å². The minimum atomic E-state index is -1.08. The van der Waals surface area contributed by atoms with Crippen molar-refractivity contribution >= 4 is 46.9 Å². The van der Waals surface area contributed by atoms with E-state index in [0.717, 1.165) is 11.1 Å². The van der Waals surface area contributed by atoms with Crippen molar-refractivity contribution in [1.29, 1.82) is 0 Å². The van der Waals surface area contributed by atoms with Crippen LogP contribution in [0, 0.1) is 13.8 Å². The molecular formula is C22H20N2O5S. The summed E-state index contributed by atoms with van der Waals surface area (Å²) in [5, 5.41) is 11.5. The predicted octanol–water partition coefficient (Wildman–Crippen LogP) is 2.99. The number of carbonyl (C=O) groups excluding carboxylic acids is 2. The second-order valence-corrected chi connectivity index (χ2v) is 7.30. The van der Waals surface area contributed by atoms with E-state index in [-0.39, 0.29) is 10.7 Å². The molecular weight excluding hydrogens is 404 g/mol. The monoisotopic (exact) mass is 424 g/mol. The molecule has 1 fully saturated rings. The number of ether oxygens (including phenoxy) is 1. The highest BCUT2D eigenvalue weighted by Gasteiger charge is 2.35. The van der Waals surface area contributed by atoms with Crippen molar-refractivity contribution in [3.63, 3.8) is 0 Å². The summed E-state index contributed by atoms with van der Waals surface area (Å²) in [6.45, 7) is 5.24. The van der Waals surface area contributed by atoms with Gasteiger partial charge >= 0.3 is 5.97 Å². The normalized spacial score (nSPS) is 16.4. The third-order valence-electron chi connectivity index (χ3n) is 4.55. The molecule has 0 saturated carbocycles. The Morgan fingerprint density at radius 2 is 1.83 bits per heavy atom. The van der Waals surface area contributed by atoms with Gasteiger partial charge in [-0.05, 0) is 68.4 Å². The highest BCUT2D eigenvalue weighted by atomic mass is 32.1. The summed E-state index contributed by atoms with van der Waals surface area (Å²) in [7, 11) is 0. The number of carbonyl (C=O) groups is 3. The number of thiocarbonyl (C=S) groups is 1. The van der Waals surface area contributed by atoms with Gasteiger partial charge in [-0.1, -0.05) is 29.8 Å². The zero-order valence-corrected chi connectivity index (χ0v) is 17.4. The zero-order chi connectivity index (χ0) is 22.0. The smallest absolute Gasteiger partial charge is 0.344 e. The molecule has 1 unspecified atom stereocenters. The fourth-order valence-corrected chi connectivity index (χ4v) is 3.27. The zero-order valence-electron chi connectivity index (χ0n) is 16.6. The maximum atomic E-state index is 13.1. The van der Waals surface area contributed by atoms with Gasteiger partial charge in [-0.15, -0.1) is 0 Å². The van der Waals surface area contributed by atoms with Crippen LogP contribution in [-0.4, -0.2) is 34.1 Å². The molecule has 1 aliphatic rings. The van der Waals surface area contributed by atoms with Gasteiger partial charge in [0.1, 0.15) is 11.3 Å². The molecule has 1 aliphatic heterocycles. The lowest BCUT2D eigenvalue weighted by Crippen LogP contribution is -2.54. The van der Waals surface area contributed by atoms with Crippen molar-refractivity contribution in [3.05, 3.63) is 64.7 Å². The third-order valence-corrected chi connectivity index (χ3v) is 4.83. The van der Waals surface area contributed by atoms with Crippen molar-refractivity contribution in [3.8, 4) is 5.75 Å². The number of amides is 2. The molecule has 0 spiro atoms. The summed E-state index contributed by atoms with van der Waals surface area (Å²) in [5.74, 6) is -1.81. The van der Waals surface area contributed by atoms with E-state index in [1.165, 1.54) is 17.9 Å².